The van der Waals surface area contributed by atoms with Gasteiger partial charge in [0.1, 0.15) is 17.5 Å². The molecule has 3 aromatic rings. The topological polar surface area (TPSA) is 67.4 Å². The fraction of sp³-hybridized carbons (Fsp3) is 0.130. The highest BCUT2D eigenvalue weighted by Crippen LogP contribution is 2.23. The standard InChI is InChI=1S/C23H22N2O3/c1-16(23(27)25-20-10-8-18(9-11-20)17(2)26)24-19-12-14-22(15-13-19)28-21-6-4-3-5-7-21/h3-16,24H,1-2H3,(H,25,27)/t16-/m1/s1. The first-order valence-electron chi connectivity index (χ1n) is 9.02. The van der Waals surface area contributed by atoms with E-state index in [1.807, 2.05) is 54.6 Å². The van der Waals surface area contributed by atoms with Gasteiger partial charge in [-0.15, -0.1) is 0 Å². The Kier molecular flexibility index (Phi) is 6.07. The number of amides is 1. The van der Waals surface area contributed by atoms with Gasteiger partial charge in [-0.05, 0) is 74.5 Å². The molecule has 3 rings (SSSR count). The zero-order valence-corrected chi connectivity index (χ0v) is 15.8. The molecule has 0 saturated carbocycles. The van der Waals surface area contributed by atoms with Crippen LogP contribution in [0.15, 0.2) is 78.9 Å². The monoisotopic (exact) mass is 374 g/mol. The maximum atomic E-state index is 12.4. The SMILES string of the molecule is CC(=O)c1ccc(NC(=O)[C@@H](C)Nc2ccc(Oc3ccccc3)cc2)cc1. The largest absolute Gasteiger partial charge is 0.457 e. The Morgan fingerprint density at radius 3 is 1.96 bits per heavy atom. The Morgan fingerprint density at radius 2 is 1.36 bits per heavy atom. The summed E-state index contributed by atoms with van der Waals surface area (Å²) in [4.78, 5) is 23.7. The minimum absolute atomic E-state index is 0.00685. The minimum Gasteiger partial charge on any atom is -0.457 e. The number of rotatable bonds is 7. The molecule has 0 saturated heterocycles. The smallest absolute Gasteiger partial charge is 0.246 e. The molecule has 0 aliphatic carbocycles. The number of Topliss-reactive ketones (excluding diaryl/α,β-unsaturated/α-hetero) is 1. The number of benzene rings is 3. The number of ether oxygens (including phenoxy) is 1. The van der Waals surface area contributed by atoms with Gasteiger partial charge < -0.3 is 15.4 Å². The summed E-state index contributed by atoms with van der Waals surface area (Å²) >= 11 is 0. The van der Waals surface area contributed by atoms with E-state index >= 15 is 0 Å². The lowest BCUT2D eigenvalue weighted by molar-refractivity contribution is -0.116. The summed E-state index contributed by atoms with van der Waals surface area (Å²) in [6, 6.07) is 23.4. The van der Waals surface area contributed by atoms with Crippen LogP contribution in [0.5, 0.6) is 11.5 Å². The van der Waals surface area contributed by atoms with Gasteiger partial charge >= 0.3 is 0 Å². The quantitative estimate of drug-likeness (QED) is 0.563. The van der Waals surface area contributed by atoms with Crippen LogP contribution in [0, 0.1) is 0 Å². The van der Waals surface area contributed by atoms with Crippen LogP contribution in [0.3, 0.4) is 0 Å². The Bertz CT molecular complexity index is 936. The third-order valence-electron chi connectivity index (χ3n) is 4.17. The second kappa shape index (κ2) is 8.86. The number of ketones is 1. The molecule has 5 nitrogen and oxygen atoms in total. The molecule has 0 aliphatic heterocycles. The molecule has 28 heavy (non-hydrogen) atoms. The average molecular weight is 374 g/mol. The summed E-state index contributed by atoms with van der Waals surface area (Å²) in [5.41, 5.74) is 2.08. The van der Waals surface area contributed by atoms with E-state index in [1.165, 1.54) is 6.92 Å². The molecule has 0 bridgehead atoms. The molecule has 2 N–H and O–H groups in total. The van der Waals surface area contributed by atoms with E-state index in [0.717, 1.165) is 17.2 Å². The second-order valence-corrected chi connectivity index (χ2v) is 6.43. The van der Waals surface area contributed by atoms with Crippen molar-refractivity contribution >= 4 is 23.1 Å². The lowest BCUT2D eigenvalue weighted by atomic mass is 10.1. The van der Waals surface area contributed by atoms with Crippen molar-refractivity contribution in [3.8, 4) is 11.5 Å². The van der Waals surface area contributed by atoms with Crippen molar-refractivity contribution in [2.24, 2.45) is 0 Å². The normalized spacial score (nSPS) is 11.4. The summed E-state index contributed by atoms with van der Waals surface area (Å²) in [6.45, 7) is 3.30. The number of nitrogens with one attached hydrogen (secondary N) is 2. The van der Waals surface area contributed by atoms with Crippen LogP contribution in [-0.2, 0) is 4.79 Å². The van der Waals surface area contributed by atoms with Gasteiger partial charge in [-0.25, -0.2) is 0 Å². The lowest BCUT2D eigenvalue weighted by Gasteiger charge is -2.16. The van der Waals surface area contributed by atoms with Crippen LogP contribution in [0.4, 0.5) is 11.4 Å². The third kappa shape index (κ3) is 5.20. The maximum absolute atomic E-state index is 12.4. The summed E-state index contributed by atoms with van der Waals surface area (Å²) in [5.74, 6) is 1.32. The van der Waals surface area contributed by atoms with E-state index in [4.69, 9.17) is 4.74 Å². The molecule has 0 fully saturated rings. The number of hydrogen-bond acceptors (Lipinski definition) is 4. The van der Waals surface area contributed by atoms with Crippen molar-refractivity contribution in [2.45, 2.75) is 19.9 Å². The predicted octanol–water partition coefficient (Wildman–Crippen LogP) is 5.12. The van der Waals surface area contributed by atoms with Gasteiger partial charge in [-0.1, -0.05) is 18.2 Å². The zero-order valence-electron chi connectivity index (χ0n) is 15.8. The first-order valence-corrected chi connectivity index (χ1v) is 9.02. The molecule has 0 heterocycles. The maximum Gasteiger partial charge on any atom is 0.246 e. The predicted molar refractivity (Wildman–Crippen MR) is 111 cm³/mol. The number of carbonyl (C=O) groups excluding carboxylic acids is 2. The molecule has 5 heteroatoms. The van der Waals surface area contributed by atoms with E-state index in [-0.39, 0.29) is 11.7 Å². The van der Waals surface area contributed by atoms with Crippen molar-refractivity contribution in [2.75, 3.05) is 10.6 Å². The highest BCUT2D eigenvalue weighted by molar-refractivity contribution is 5.97. The van der Waals surface area contributed by atoms with Crippen molar-refractivity contribution in [1.82, 2.24) is 0 Å². The Hall–Kier alpha value is -3.60. The van der Waals surface area contributed by atoms with Gasteiger partial charge in [-0.2, -0.15) is 0 Å². The molecule has 3 aromatic carbocycles. The van der Waals surface area contributed by atoms with Gasteiger partial charge in [0.15, 0.2) is 5.78 Å². The van der Waals surface area contributed by atoms with E-state index in [1.54, 1.807) is 31.2 Å². The summed E-state index contributed by atoms with van der Waals surface area (Å²) in [5, 5.41) is 6.00. The number of para-hydroxylation sites is 1. The van der Waals surface area contributed by atoms with Crippen molar-refractivity contribution in [3.05, 3.63) is 84.4 Å². The van der Waals surface area contributed by atoms with E-state index in [0.29, 0.717) is 11.3 Å². The second-order valence-electron chi connectivity index (χ2n) is 6.43. The zero-order chi connectivity index (χ0) is 19.9. The Labute approximate surface area is 164 Å². The molecular weight excluding hydrogens is 352 g/mol. The Balaban J connectivity index is 1.55. The lowest BCUT2D eigenvalue weighted by Crippen LogP contribution is -2.31. The average Bonchev–Trinajstić information content (AvgIpc) is 2.70. The Morgan fingerprint density at radius 1 is 0.786 bits per heavy atom. The van der Waals surface area contributed by atoms with E-state index in [9.17, 15) is 9.59 Å². The molecule has 0 aromatic heterocycles. The fourth-order valence-corrected chi connectivity index (χ4v) is 2.60. The third-order valence-corrected chi connectivity index (χ3v) is 4.17. The first kappa shape index (κ1) is 19.2. The molecule has 1 atom stereocenters. The van der Waals surface area contributed by atoms with Gasteiger partial charge in [-0.3, -0.25) is 9.59 Å². The molecule has 0 spiro atoms. The van der Waals surface area contributed by atoms with Crippen LogP contribution in [0.25, 0.3) is 0 Å². The molecule has 0 aliphatic rings. The van der Waals surface area contributed by atoms with Crippen LogP contribution >= 0.6 is 0 Å². The molecular formula is C23H22N2O3. The van der Waals surface area contributed by atoms with Gasteiger partial charge in [0.05, 0.1) is 0 Å². The van der Waals surface area contributed by atoms with Crippen molar-refractivity contribution in [1.29, 1.82) is 0 Å². The van der Waals surface area contributed by atoms with Crippen molar-refractivity contribution in [3.63, 3.8) is 0 Å². The van der Waals surface area contributed by atoms with Crippen LogP contribution < -0.4 is 15.4 Å². The molecule has 0 radical (unpaired) electrons. The number of hydrogen-bond donors (Lipinski definition) is 2. The summed E-state index contributed by atoms with van der Waals surface area (Å²) in [7, 11) is 0. The van der Waals surface area contributed by atoms with Gasteiger partial charge in [0, 0.05) is 16.9 Å². The van der Waals surface area contributed by atoms with Crippen LogP contribution in [0.1, 0.15) is 24.2 Å². The first-order chi connectivity index (χ1) is 13.5. The van der Waals surface area contributed by atoms with Crippen LogP contribution in [0.2, 0.25) is 0 Å². The number of carbonyl (C=O) groups is 2. The van der Waals surface area contributed by atoms with Gasteiger partial charge in [0.25, 0.3) is 0 Å². The highest BCUT2D eigenvalue weighted by atomic mass is 16.5. The van der Waals surface area contributed by atoms with Crippen molar-refractivity contribution < 1.29 is 14.3 Å². The number of anilines is 2. The van der Waals surface area contributed by atoms with Gasteiger partial charge in [0.2, 0.25) is 5.91 Å². The van der Waals surface area contributed by atoms with E-state index in [2.05, 4.69) is 10.6 Å². The molecule has 0 unspecified atom stereocenters. The fourth-order valence-electron chi connectivity index (χ4n) is 2.60. The molecule has 1 amide bonds. The minimum atomic E-state index is -0.437. The van der Waals surface area contributed by atoms with Crippen LogP contribution in [-0.4, -0.2) is 17.7 Å². The summed E-state index contributed by atoms with van der Waals surface area (Å²) < 4.78 is 5.76. The van der Waals surface area contributed by atoms with E-state index < -0.39 is 6.04 Å². The highest BCUT2D eigenvalue weighted by Gasteiger charge is 2.13. The summed E-state index contributed by atoms with van der Waals surface area (Å²) in [6.07, 6.45) is 0. The molecule has 142 valence electrons.